The zero-order chi connectivity index (χ0) is 15.5. The summed E-state index contributed by atoms with van der Waals surface area (Å²) in [4.78, 5) is 26.5. The average Bonchev–Trinajstić information content (AvgIpc) is 3.14. The third-order valence-electron chi connectivity index (χ3n) is 3.96. The normalized spacial score (nSPS) is 18.5. The molecule has 0 aliphatic carbocycles. The fourth-order valence-corrected chi connectivity index (χ4v) is 3.43. The molecule has 22 heavy (non-hydrogen) atoms. The summed E-state index contributed by atoms with van der Waals surface area (Å²) in [6.07, 6.45) is 2.57. The molecule has 1 aliphatic heterocycles. The van der Waals surface area contributed by atoms with E-state index in [2.05, 4.69) is 27.0 Å². The molecule has 6 heteroatoms. The summed E-state index contributed by atoms with van der Waals surface area (Å²) in [5.41, 5.74) is 1.27. The van der Waals surface area contributed by atoms with Gasteiger partial charge in [0.1, 0.15) is 5.56 Å². The molecule has 0 saturated carbocycles. The molecule has 1 fully saturated rings. The number of aryl methyl sites for hydroxylation is 1. The maximum atomic E-state index is 12.3. The highest BCUT2D eigenvalue weighted by Crippen LogP contribution is 2.15. The molecule has 1 aliphatic rings. The number of thiophene rings is 1. The van der Waals surface area contributed by atoms with Crippen molar-refractivity contribution in [2.75, 3.05) is 13.1 Å². The summed E-state index contributed by atoms with van der Waals surface area (Å²) in [6, 6.07) is 5.53. The Balaban J connectivity index is 1.59. The van der Waals surface area contributed by atoms with Crippen molar-refractivity contribution in [3.8, 4) is 0 Å². The van der Waals surface area contributed by atoms with Gasteiger partial charge in [0.15, 0.2) is 0 Å². The SMILES string of the molecule is Cn1cccc(C(=O)NC2CCN(Cc3ccsc3)C2)c1=O. The van der Waals surface area contributed by atoms with Crippen LogP contribution in [0.25, 0.3) is 0 Å². The van der Waals surface area contributed by atoms with Crippen molar-refractivity contribution in [2.24, 2.45) is 7.05 Å². The Morgan fingerprint density at radius 2 is 2.32 bits per heavy atom. The van der Waals surface area contributed by atoms with E-state index in [0.29, 0.717) is 0 Å². The molecule has 116 valence electrons. The first-order chi connectivity index (χ1) is 10.6. The summed E-state index contributed by atoms with van der Waals surface area (Å²) >= 11 is 1.70. The van der Waals surface area contributed by atoms with Crippen LogP contribution in [0.5, 0.6) is 0 Å². The highest BCUT2D eigenvalue weighted by Gasteiger charge is 2.25. The Hall–Kier alpha value is -1.92. The predicted molar refractivity (Wildman–Crippen MR) is 87.2 cm³/mol. The number of hydrogen-bond donors (Lipinski definition) is 1. The van der Waals surface area contributed by atoms with Crippen molar-refractivity contribution in [3.05, 3.63) is 56.6 Å². The van der Waals surface area contributed by atoms with Gasteiger partial charge >= 0.3 is 0 Å². The van der Waals surface area contributed by atoms with Gasteiger partial charge in [0.25, 0.3) is 11.5 Å². The van der Waals surface area contributed by atoms with E-state index in [4.69, 9.17) is 0 Å². The topological polar surface area (TPSA) is 54.3 Å². The molecule has 2 aromatic rings. The fourth-order valence-electron chi connectivity index (χ4n) is 2.77. The van der Waals surface area contributed by atoms with Crippen LogP contribution in [0, 0.1) is 0 Å². The van der Waals surface area contributed by atoms with Crippen molar-refractivity contribution in [1.82, 2.24) is 14.8 Å². The molecule has 5 nitrogen and oxygen atoms in total. The second kappa shape index (κ2) is 6.46. The number of rotatable bonds is 4. The van der Waals surface area contributed by atoms with Crippen LogP contribution in [0.4, 0.5) is 0 Å². The highest BCUT2D eigenvalue weighted by atomic mass is 32.1. The number of nitrogens with zero attached hydrogens (tertiary/aromatic N) is 2. The highest BCUT2D eigenvalue weighted by molar-refractivity contribution is 7.07. The molecule has 1 unspecified atom stereocenters. The number of carbonyl (C=O) groups excluding carboxylic acids is 1. The minimum Gasteiger partial charge on any atom is -0.348 e. The third kappa shape index (κ3) is 3.28. The van der Waals surface area contributed by atoms with E-state index in [1.807, 2.05) is 0 Å². The summed E-state index contributed by atoms with van der Waals surface area (Å²) in [6.45, 7) is 2.71. The number of aromatic nitrogens is 1. The van der Waals surface area contributed by atoms with E-state index in [9.17, 15) is 9.59 Å². The van der Waals surface area contributed by atoms with Gasteiger partial charge in [-0.05, 0) is 40.9 Å². The Labute approximate surface area is 133 Å². The quantitative estimate of drug-likeness (QED) is 0.929. The van der Waals surface area contributed by atoms with Crippen LogP contribution in [0.2, 0.25) is 0 Å². The van der Waals surface area contributed by atoms with Crippen molar-refractivity contribution in [1.29, 1.82) is 0 Å². The van der Waals surface area contributed by atoms with Crippen LogP contribution >= 0.6 is 11.3 Å². The van der Waals surface area contributed by atoms with Crippen molar-refractivity contribution >= 4 is 17.2 Å². The largest absolute Gasteiger partial charge is 0.348 e. The van der Waals surface area contributed by atoms with Gasteiger partial charge in [-0.1, -0.05) is 0 Å². The zero-order valence-electron chi connectivity index (χ0n) is 12.5. The molecular formula is C16H19N3O2S. The van der Waals surface area contributed by atoms with Gasteiger partial charge in [0.2, 0.25) is 0 Å². The minimum atomic E-state index is -0.274. The Bertz CT molecular complexity index is 708. The number of pyridine rings is 1. The van der Waals surface area contributed by atoms with Gasteiger partial charge in [-0.15, -0.1) is 0 Å². The number of nitrogens with one attached hydrogen (secondary N) is 1. The summed E-state index contributed by atoms with van der Waals surface area (Å²) in [7, 11) is 1.65. The van der Waals surface area contributed by atoms with Crippen LogP contribution in [-0.4, -0.2) is 34.5 Å². The first kappa shape index (κ1) is 15.0. The second-order valence-electron chi connectivity index (χ2n) is 5.66. The van der Waals surface area contributed by atoms with Gasteiger partial charge in [0, 0.05) is 38.9 Å². The zero-order valence-corrected chi connectivity index (χ0v) is 13.3. The average molecular weight is 317 g/mol. The number of carbonyl (C=O) groups is 1. The van der Waals surface area contributed by atoms with Crippen LogP contribution < -0.4 is 10.9 Å². The van der Waals surface area contributed by atoms with Crippen LogP contribution in [0.1, 0.15) is 22.3 Å². The molecule has 3 heterocycles. The molecule has 1 saturated heterocycles. The van der Waals surface area contributed by atoms with E-state index < -0.39 is 0 Å². The molecule has 0 aromatic carbocycles. The number of likely N-dealkylation sites (tertiary alicyclic amines) is 1. The Morgan fingerprint density at radius 3 is 3.09 bits per heavy atom. The standard InChI is InChI=1S/C16H19N3O2S/c1-18-6-2-3-14(16(18)21)15(20)17-13-4-7-19(10-13)9-12-5-8-22-11-12/h2-3,5-6,8,11,13H,4,7,9-10H2,1H3,(H,17,20). The number of hydrogen-bond acceptors (Lipinski definition) is 4. The van der Waals surface area contributed by atoms with E-state index in [1.165, 1.54) is 10.1 Å². The minimum absolute atomic E-state index is 0.107. The van der Waals surface area contributed by atoms with Crippen LogP contribution in [-0.2, 0) is 13.6 Å². The molecule has 3 rings (SSSR count). The smallest absolute Gasteiger partial charge is 0.263 e. The lowest BCUT2D eigenvalue weighted by atomic mass is 10.2. The first-order valence-electron chi connectivity index (χ1n) is 7.33. The van der Waals surface area contributed by atoms with Crippen molar-refractivity contribution in [3.63, 3.8) is 0 Å². The first-order valence-corrected chi connectivity index (χ1v) is 8.27. The predicted octanol–water partition coefficient (Wildman–Crippen LogP) is 1.45. The van der Waals surface area contributed by atoms with E-state index in [1.54, 1.807) is 36.7 Å². The van der Waals surface area contributed by atoms with E-state index in [-0.39, 0.29) is 23.1 Å². The van der Waals surface area contributed by atoms with E-state index in [0.717, 1.165) is 26.1 Å². The van der Waals surface area contributed by atoms with E-state index >= 15 is 0 Å². The molecule has 0 radical (unpaired) electrons. The Kier molecular flexibility index (Phi) is 4.40. The summed E-state index contributed by atoms with van der Waals surface area (Å²) < 4.78 is 1.42. The van der Waals surface area contributed by atoms with Crippen molar-refractivity contribution < 1.29 is 4.79 Å². The van der Waals surface area contributed by atoms with Gasteiger partial charge < -0.3 is 9.88 Å². The number of amides is 1. The molecular weight excluding hydrogens is 298 g/mol. The monoisotopic (exact) mass is 317 g/mol. The van der Waals surface area contributed by atoms with Gasteiger partial charge in [-0.2, -0.15) is 11.3 Å². The Morgan fingerprint density at radius 1 is 1.45 bits per heavy atom. The lowest BCUT2D eigenvalue weighted by Gasteiger charge is -2.16. The third-order valence-corrected chi connectivity index (χ3v) is 4.69. The molecule has 1 amide bonds. The fraction of sp³-hybridized carbons (Fsp3) is 0.375. The van der Waals surface area contributed by atoms with Crippen molar-refractivity contribution in [2.45, 2.75) is 19.0 Å². The second-order valence-corrected chi connectivity index (χ2v) is 6.44. The lowest BCUT2D eigenvalue weighted by molar-refractivity contribution is 0.0935. The summed E-state index contributed by atoms with van der Waals surface area (Å²) in [5.74, 6) is -0.274. The molecule has 1 N–H and O–H groups in total. The van der Waals surface area contributed by atoms with Gasteiger partial charge in [-0.25, -0.2) is 0 Å². The van der Waals surface area contributed by atoms with Gasteiger partial charge in [0.05, 0.1) is 0 Å². The lowest BCUT2D eigenvalue weighted by Crippen LogP contribution is -2.40. The maximum absolute atomic E-state index is 12.3. The molecule has 2 aromatic heterocycles. The maximum Gasteiger partial charge on any atom is 0.263 e. The molecule has 0 bridgehead atoms. The molecule has 1 atom stereocenters. The van der Waals surface area contributed by atoms with Crippen LogP contribution in [0.15, 0.2) is 40.0 Å². The molecule has 0 spiro atoms. The van der Waals surface area contributed by atoms with Crippen LogP contribution in [0.3, 0.4) is 0 Å². The summed E-state index contributed by atoms with van der Waals surface area (Å²) in [5, 5.41) is 7.21. The van der Waals surface area contributed by atoms with Gasteiger partial charge in [-0.3, -0.25) is 14.5 Å².